The van der Waals surface area contributed by atoms with Crippen LogP contribution in [0.1, 0.15) is 25.7 Å². The summed E-state index contributed by atoms with van der Waals surface area (Å²) in [7, 11) is 0. The van der Waals surface area contributed by atoms with E-state index < -0.39 is 22.5 Å². The van der Waals surface area contributed by atoms with E-state index in [0.29, 0.717) is 18.9 Å². The van der Waals surface area contributed by atoms with E-state index in [1.54, 1.807) is 0 Å². The second-order valence-electron chi connectivity index (χ2n) is 8.84. The van der Waals surface area contributed by atoms with Crippen molar-refractivity contribution in [3.63, 3.8) is 0 Å². The van der Waals surface area contributed by atoms with Gasteiger partial charge < -0.3 is 25.8 Å². The largest absolute Gasteiger partial charge is 0.378 e. The molecule has 184 valence electrons. The highest BCUT2D eigenvalue weighted by Crippen LogP contribution is 2.26. The molecule has 0 spiro atoms. The number of nitrogens with one attached hydrogen (secondary N) is 3. The van der Waals surface area contributed by atoms with Crippen molar-refractivity contribution < 1.29 is 8.78 Å². The van der Waals surface area contributed by atoms with Crippen molar-refractivity contribution in [3.8, 4) is 0 Å². The van der Waals surface area contributed by atoms with Crippen LogP contribution >= 0.6 is 0 Å². The summed E-state index contributed by atoms with van der Waals surface area (Å²) < 4.78 is 26.9. The Morgan fingerprint density at radius 1 is 0.743 bits per heavy atom. The minimum atomic E-state index is -0.781. The molecule has 2 aromatic carbocycles. The summed E-state index contributed by atoms with van der Waals surface area (Å²) in [5.41, 5.74) is -1.25. The van der Waals surface area contributed by atoms with Gasteiger partial charge in [0.25, 0.3) is 10.9 Å². The molecule has 2 saturated heterocycles. The minimum Gasteiger partial charge on any atom is -0.378 e. The molecule has 0 saturated carbocycles. The van der Waals surface area contributed by atoms with Gasteiger partial charge in [0, 0.05) is 57.1 Å². The van der Waals surface area contributed by atoms with Crippen molar-refractivity contribution >= 4 is 34.6 Å². The Hall–Kier alpha value is -3.76. The molecule has 2 aliphatic rings. The lowest BCUT2D eigenvalue weighted by atomic mass is 10.1. The summed E-state index contributed by atoms with van der Waals surface area (Å²) in [5.74, 6) is 0.765. The van der Waals surface area contributed by atoms with Gasteiger partial charge in [-0.3, -0.25) is 9.59 Å². The fourth-order valence-corrected chi connectivity index (χ4v) is 4.51. The third-order valence-corrected chi connectivity index (χ3v) is 6.29. The van der Waals surface area contributed by atoms with Gasteiger partial charge in [0.2, 0.25) is 5.95 Å². The van der Waals surface area contributed by atoms with E-state index in [1.165, 1.54) is 0 Å². The highest BCUT2D eigenvalue weighted by molar-refractivity contribution is 5.78. The Labute approximate surface area is 200 Å². The first-order chi connectivity index (χ1) is 17.0. The molecule has 0 atom stereocenters. The molecule has 0 amide bonds. The number of benzene rings is 1. The van der Waals surface area contributed by atoms with Crippen LogP contribution < -0.4 is 36.6 Å². The second-order valence-corrected chi connectivity index (χ2v) is 8.84. The molecule has 9 nitrogen and oxygen atoms in total. The van der Waals surface area contributed by atoms with Crippen LogP contribution in [-0.4, -0.2) is 49.2 Å². The van der Waals surface area contributed by atoms with E-state index in [2.05, 4.69) is 30.7 Å². The molecular weight excluding hydrogens is 456 g/mol. The van der Waals surface area contributed by atoms with Gasteiger partial charge >= 0.3 is 0 Å². The van der Waals surface area contributed by atoms with Crippen LogP contribution in [0.3, 0.4) is 0 Å². The highest BCUT2D eigenvalue weighted by atomic mass is 19.1. The van der Waals surface area contributed by atoms with Gasteiger partial charge in [-0.2, -0.15) is 9.97 Å². The van der Waals surface area contributed by atoms with Gasteiger partial charge in [-0.15, -0.1) is 0 Å². The lowest BCUT2D eigenvalue weighted by Crippen LogP contribution is -2.37. The van der Waals surface area contributed by atoms with Crippen molar-refractivity contribution in [2.75, 3.05) is 65.0 Å². The van der Waals surface area contributed by atoms with Gasteiger partial charge in [0.05, 0.1) is 0 Å². The maximum Gasteiger partial charge on any atom is 0.253 e. The summed E-state index contributed by atoms with van der Waals surface area (Å²) in [4.78, 5) is 38.0. The monoisotopic (exact) mass is 483 g/mol. The summed E-state index contributed by atoms with van der Waals surface area (Å²) in [6.07, 6.45) is 4.56. The molecule has 3 N–H and O–H groups in total. The van der Waals surface area contributed by atoms with Crippen LogP contribution in [0.25, 0.3) is 0 Å². The van der Waals surface area contributed by atoms with Crippen LogP contribution in [0, 0.1) is 11.6 Å². The van der Waals surface area contributed by atoms with Crippen LogP contribution in [-0.2, 0) is 0 Å². The first-order valence-electron chi connectivity index (χ1n) is 11.9. The quantitative estimate of drug-likeness (QED) is 0.313. The summed E-state index contributed by atoms with van der Waals surface area (Å²) in [6.45, 7) is 4.61. The molecule has 2 fully saturated rings. The Bertz CT molecular complexity index is 1230. The van der Waals surface area contributed by atoms with Crippen LogP contribution in [0.4, 0.5) is 43.4 Å². The maximum absolute atomic E-state index is 13.4. The Balaban J connectivity index is 1.23. The van der Waals surface area contributed by atoms with E-state index in [-0.39, 0.29) is 17.1 Å². The van der Waals surface area contributed by atoms with Gasteiger partial charge in [-0.25, -0.2) is 8.78 Å². The second kappa shape index (κ2) is 9.85. The molecule has 0 bridgehead atoms. The average molecular weight is 484 g/mol. The molecule has 1 aromatic heterocycles. The molecule has 0 radical (unpaired) electrons. The molecule has 0 unspecified atom stereocenters. The van der Waals surface area contributed by atoms with Crippen LogP contribution in [0.5, 0.6) is 0 Å². The minimum absolute atomic E-state index is 0.00493. The molecule has 3 heterocycles. The third kappa shape index (κ3) is 5.03. The Morgan fingerprint density at radius 2 is 1.34 bits per heavy atom. The van der Waals surface area contributed by atoms with E-state index >= 15 is 0 Å². The van der Waals surface area contributed by atoms with Crippen molar-refractivity contribution in [1.82, 2.24) is 9.97 Å². The first-order valence-corrected chi connectivity index (χ1v) is 11.9. The fourth-order valence-electron chi connectivity index (χ4n) is 4.51. The zero-order valence-electron chi connectivity index (χ0n) is 19.2. The summed E-state index contributed by atoms with van der Waals surface area (Å²) >= 11 is 0. The summed E-state index contributed by atoms with van der Waals surface area (Å²) in [5, 5.41) is 8.86. The van der Waals surface area contributed by atoms with Crippen LogP contribution in [0.2, 0.25) is 0 Å². The smallest absolute Gasteiger partial charge is 0.253 e. The van der Waals surface area contributed by atoms with E-state index in [1.807, 2.05) is 6.07 Å². The SMILES string of the molecule is O=c1c(NCCNc2cc(N3CCCC3)nc(N3CCCC3)n2)c(Nc2cc(F)cc(F)c2)c1=O. The number of rotatable bonds is 9. The zero-order chi connectivity index (χ0) is 24.4. The number of nitrogens with zero attached hydrogens (tertiary/aromatic N) is 4. The van der Waals surface area contributed by atoms with Gasteiger partial charge in [-0.1, -0.05) is 0 Å². The lowest BCUT2D eigenvalue weighted by Gasteiger charge is -2.22. The van der Waals surface area contributed by atoms with Crippen LogP contribution in [0.15, 0.2) is 33.9 Å². The number of anilines is 6. The standard InChI is InChI=1S/C24H27F2N7O2/c25-15-11-16(26)13-17(12-15)29-21-20(22(34)23(21)35)28-6-5-27-18-14-19(32-7-1-2-8-32)31-24(30-18)33-9-3-4-10-33/h11-14,28-29H,1-10H2,(H,27,30,31). The predicted molar refractivity (Wildman–Crippen MR) is 133 cm³/mol. The van der Waals surface area contributed by atoms with Gasteiger partial charge in [0.1, 0.15) is 34.6 Å². The van der Waals surface area contributed by atoms with E-state index in [0.717, 1.165) is 81.8 Å². The summed E-state index contributed by atoms with van der Waals surface area (Å²) in [6, 6.07) is 4.77. The fraction of sp³-hybridized carbons (Fsp3) is 0.417. The van der Waals surface area contributed by atoms with Crippen molar-refractivity contribution in [2.45, 2.75) is 25.7 Å². The van der Waals surface area contributed by atoms with Crippen molar-refractivity contribution in [2.24, 2.45) is 0 Å². The first kappa shape index (κ1) is 23.0. The maximum atomic E-state index is 13.4. The molecule has 0 aliphatic carbocycles. The Kier molecular flexibility index (Phi) is 6.47. The topological polar surface area (TPSA) is 102 Å². The van der Waals surface area contributed by atoms with Gasteiger partial charge in [0.15, 0.2) is 0 Å². The van der Waals surface area contributed by atoms with E-state index in [9.17, 15) is 18.4 Å². The molecule has 5 rings (SSSR count). The predicted octanol–water partition coefficient (Wildman–Crippen LogP) is 2.82. The highest BCUT2D eigenvalue weighted by Gasteiger charge is 2.22. The zero-order valence-corrected chi connectivity index (χ0v) is 19.2. The van der Waals surface area contributed by atoms with E-state index in [4.69, 9.17) is 4.98 Å². The molecular formula is C24H27F2N7O2. The number of hydrogen-bond donors (Lipinski definition) is 3. The molecule has 11 heteroatoms. The van der Waals surface area contributed by atoms with Crippen molar-refractivity contribution in [3.05, 3.63) is 56.3 Å². The third-order valence-electron chi connectivity index (χ3n) is 6.29. The molecule has 35 heavy (non-hydrogen) atoms. The normalized spacial score (nSPS) is 15.7. The number of aromatic nitrogens is 2. The lowest BCUT2D eigenvalue weighted by molar-refractivity contribution is 0.584. The molecule has 2 aliphatic heterocycles. The van der Waals surface area contributed by atoms with Crippen molar-refractivity contribution in [1.29, 1.82) is 0 Å². The Morgan fingerprint density at radius 3 is 2.03 bits per heavy atom. The number of halogens is 2. The molecule has 3 aromatic rings. The number of hydrogen-bond acceptors (Lipinski definition) is 9. The van der Waals surface area contributed by atoms with Gasteiger partial charge in [-0.05, 0) is 37.8 Å². The average Bonchev–Trinajstić information content (AvgIpc) is 3.57.